The molecule has 4 heterocycles. The van der Waals surface area contributed by atoms with Gasteiger partial charge in [-0.1, -0.05) is 30.1 Å². The number of carbonyl (C=O) groups excluding carboxylic acids is 1. The molecule has 13 nitrogen and oxygen atoms in total. The fraction of sp³-hybridized carbons (Fsp3) is 0.600. The number of aliphatic hydroxyl groups is 2. The minimum Gasteiger partial charge on any atom is -0.492 e. The zero-order valence-electron chi connectivity index (χ0n) is 33.7. The molecule has 314 valence electrons. The molecule has 0 radical (unpaired) electrons. The molecule has 2 saturated heterocycles. The lowest BCUT2D eigenvalue weighted by atomic mass is 9.55. The minimum absolute atomic E-state index is 0.103. The molecule has 0 aromatic heterocycles. The van der Waals surface area contributed by atoms with Crippen molar-refractivity contribution in [3.05, 3.63) is 71.8 Å². The van der Waals surface area contributed by atoms with Gasteiger partial charge in [0, 0.05) is 69.8 Å². The largest absolute Gasteiger partial charge is 0.492 e. The fourth-order valence-electron chi connectivity index (χ4n) is 9.70. The smallest absolute Gasteiger partial charge is 0.254 e. The van der Waals surface area contributed by atoms with E-state index in [-0.39, 0.29) is 56.7 Å². The summed E-state index contributed by atoms with van der Waals surface area (Å²) in [5.41, 5.74) is 3.19. The van der Waals surface area contributed by atoms with Gasteiger partial charge in [-0.3, -0.25) is 9.69 Å². The van der Waals surface area contributed by atoms with Crippen LogP contribution in [0.4, 0.5) is 0 Å². The quantitative estimate of drug-likeness (QED) is 0.0744. The topological polar surface area (TPSA) is 141 Å². The summed E-state index contributed by atoms with van der Waals surface area (Å²) in [5, 5.41) is 24.7. The molecular weight excluding hydrogens is 743 g/mol. The van der Waals surface area contributed by atoms with Gasteiger partial charge in [-0.15, -0.1) is 6.58 Å². The van der Waals surface area contributed by atoms with Gasteiger partial charge in [0.25, 0.3) is 5.91 Å². The molecule has 2 aromatic rings. The third-order valence-electron chi connectivity index (χ3n) is 12.7. The van der Waals surface area contributed by atoms with E-state index >= 15 is 0 Å². The predicted octanol–water partition coefficient (Wildman–Crippen LogP) is 6.04. The maximum absolute atomic E-state index is 14.7. The number of benzene rings is 2. The molecule has 6 aliphatic rings. The zero-order valence-corrected chi connectivity index (χ0v) is 33.7. The third-order valence-corrected chi connectivity index (χ3v) is 12.7. The molecule has 7 unspecified atom stereocenters. The van der Waals surface area contributed by atoms with Crippen LogP contribution >= 0.6 is 0 Å². The molecule has 0 spiro atoms. The molecule has 2 aliphatic carbocycles. The highest BCUT2D eigenvalue weighted by molar-refractivity contribution is 6.03. The summed E-state index contributed by atoms with van der Waals surface area (Å²) in [6.45, 7) is 8.84. The van der Waals surface area contributed by atoms with E-state index in [2.05, 4.69) is 23.6 Å². The first kappa shape index (κ1) is 40.6. The average Bonchev–Trinajstić information content (AvgIpc) is 3.96. The van der Waals surface area contributed by atoms with Gasteiger partial charge in [0.1, 0.15) is 24.1 Å². The van der Waals surface area contributed by atoms with Crippen LogP contribution in [0.3, 0.4) is 0 Å². The van der Waals surface area contributed by atoms with Crippen molar-refractivity contribution in [3.63, 3.8) is 0 Å². The van der Waals surface area contributed by atoms with Crippen molar-refractivity contribution < 1.29 is 48.3 Å². The number of nitrogens with zero attached hydrogens (tertiary/aromatic N) is 3. The van der Waals surface area contributed by atoms with Gasteiger partial charge in [0.05, 0.1) is 24.8 Å². The van der Waals surface area contributed by atoms with Crippen molar-refractivity contribution in [2.45, 2.75) is 88.2 Å². The summed E-state index contributed by atoms with van der Waals surface area (Å²) in [5.74, 6) is 0.673. The normalized spacial score (nSPS) is 28.8. The van der Waals surface area contributed by atoms with Crippen LogP contribution in [0.5, 0.6) is 23.0 Å². The lowest BCUT2D eigenvalue weighted by Gasteiger charge is -2.59. The van der Waals surface area contributed by atoms with Crippen molar-refractivity contribution >= 4 is 11.6 Å². The minimum atomic E-state index is -1.36. The summed E-state index contributed by atoms with van der Waals surface area (Å²) in [6.07, 6.45) is 11.4. The van der Waals surface area contributed by atoms with Gasteiger partial charge in [0.2, 0.25) is 18.9 Å². The molecule has 58 heavy (non-hydrogen) atoms. The Morgan fingerprint density at radius 2 is 1.84 bits per heavy atom. The molecule has 0 bridgehead atoms. The van der Waals surface area contributed by atoms with Crippen LogP contribution < -0.4 is 18.9 Å². The number of unbranched alkanes of at least 4 members (excludes halogenated alkanes) is 2. The number of carbonyl (C=O) groups is 1. The Morgan fingerprint density at radius 3 is 2.62 bits per heavy atom. The Labute approximate surface area is 341 Å². The van der Waals surface area contributed by atoms with Crippen molar-refractivity contribution in [2.24, 2.45) is 22.9 Å². The number of hydrogen-bond donors (Lipinski definition) is 2. The number of amides is 1. The van der Waals surface area contributed by atoms with Gasteiger partial charge in [-0.05, 0) is 92.3 Å². The molecule has 4 aliphatic heterocycles. The first-order valence-electron chi connectivity index (χ1n) is 21.3. The second kappa shape index (κ2) is 18.4. The number of aliphatic hydroxyl groups excluding tert-OH is 2. The highest BCUT2D eigenvalue weighted by atomic mass is 16.8. The van der Waals surface area contributed by atoms with E-state index in [4.69, 9.17) is 38.4 Å². The molecule has 2 aromatic carbocycles. The molecular formula is C45H59N3O10. The average molecular weight is 802 g/mol. The first-order chi connectivity index (χ1) is 28.4. The predicted molar refractivity (Wildman–Crippen MR) is 216 cm³/mol. The highest BCUT2D eigenvalue weighted by Crippen LogP contribution is 2.62. The number of hydrogen-bond acceptors (Lipinski definition) is 12. The summed E-state index contributed by atoms with van der Waals surface area (Å²) in [7, 11) is 1.80. The van der Waals surface area contributed by atoms with Crippen molar-refractivity contribution in [2.75, 3.05) is 66.5 Å². The van der Waals surface area contributed by atoms with Crippen molar-refractivity contribution in [1.82, 2.24) is 9.80 Å². The van der Waals surface area contributed by atoms with Gasteiger partial charge >= 0.3 is 0 Å². The molecule has 13 heteroatoms. The second-order valence-corrected chi connectivity index (χ2v) is 16.3. The third kappa shape index (κ3) is 8.47. The number of oxime groups is 1. The number of rotatable bonds is 19. The van der Waals surface area contributed by atoms with E-state index in [0.29, 0.717) is 48.9 Å². The maximum Gasteiger partial charge on any atom is 0.254 e. The van der Waals surface area contributed by atoms with E-state index in [9.17, 15) is 15.0 Å². The monoisotopic (exact) mass is 801 g/mol. The summed E-state index contributed by atoms with van der Waals surface area (Å²) < 4.78 is 37.9. The van der Waals surface area contributed by atoms with Crippen LogP contribution in [0.2, 0.25) is 0 Å². The Balaban J connectivity index is 1.27. The number of likely N-dealkylation sites (N-methyl/N-ethyl adjacent to an activating group) is 1. The van der Waals surface area contributed by atoms with E-state index < -0.39 is 24.0 Å². The van der Waals surface area contributed by atoms with Crippen LogP contribution in [0.1, 0.15) is 86.0 Å². The Bertz CT molecular complexity index is 1830. The lowest BCUT2D eigenvalue weighted by Crippen LogP contribution is -2.69. The Hall–Kier alpha value is -4.14. The van der Waals surface area contributed by atoms with E-state index in [1.807, 2.05) is 12.1 Å². The van der Waals surface area contributed by atoms with Gasteiger partial charge < -0.3 is 48.4 Å². The standard InChI is InChI=1S/C45H59N3O10/c1-3-22-56-45-40(47(2)44(51)31-13-15-38-39(26-31)55-29-54-38)28-36(46-58-41-12-6-9-23-53-41)34-25-30(10-4-7-20-49)33(11-5-8-21-50)42(43(34)45)35-27-32(14-16-37(35)57-45)52-24-19-48-17-18-48/h3,13-16,25-27,30,33,40-43,49-50H,1,4-12,17-24,28-29H2,2H3. The fourth-order valence-corrected chi connectivity index (χ4v) is 9.70. The van der Waals surface area contributed by atoms with Gasteiger partial charge in [-0.2, -0.15) is 0 Å². The van der Waals surface area contributed by atoms with E-state index in [1.165, 1.54) is 0 Å². The number of fused-ring (bicyclic) bond motifs is 3. The van der Waals surface area contributed by atoms with Crippen LogP contribution in [-0.2, 0) is 14.3 Å². The SMILES string of the molecule is C=CCOC12Oc3ccc(OCCN4CC4)cc3C3C(CCCCO)C(CCCCO)C=C(C(=NOC4CCCCO4)CC1N(C)C(=O)c1ccc4c(c1)OCO4)C32. The summed E-state index contributed by atoms with van der Waals surface area (Å²) in [6, 6.07) is 10.7. The van der Waals surface area contributed by atoms with Gasteiger partial charge in [-0.25, -0.2) is 0 Å². The van der Waals surface area contributed by atoms with Crippen molar-refractivity contribution in [3.8, 4) is 23.0 Å². The van der Waals surface area contributed by atoms with Crippen LogP contribution in [0.15, 0.2) is 65.9 Å². The van der Waals surface area contributed by atoms with Gasteiger partial charge in [0.15, 0.2) is 11.5 Å². The zero-order chi connectivity index (χ0) is 40.1. The highest BCUT2D eigenvalue weighted by Gasteiger charge is 2.65. The molecule has 3 fully saturated rings. The Kier molecular flexibility index (Phi) is 12.9. The molecule has 1 amide bonds. The van der Waals surface area contributed by atoms with Crippen molar-refractivity contribution in [1.29, 1.82) is 0 Å². The van der Waals surface area contributed by atoms with E-state index in [1.54, 1.807) is 36.2 Å². The molecule has 8 rings (SSSR count). The lowest BCUT2D eigenvalue weighted by molar-refractivity contribution is -0.252. The Morgan fingerprint density at radius 1 is 1.03 bits per heavy atom. The number of allylic oxidation sites excluding steroid dienone is 1. The summed E-state index contributed by atoms with van der Waals surface area (Å²) >= 11 is 0. The number of ether oxygens (including phenoxy) is 6. The first-order valence-corrected chi connectivity index (χ1v) is 21.3. The molecule has 7 atom stereocenters. The van der Waals surface area contributed by atoms with Crippen LogP contribution in [0, 0.1) is 17.8 Å². The molecule has 2 N–H and O–H groups in total. The second-order valence-electron chi connectivity index (χ2n) is 16.3. The van der Waals surface area contributed by atoms with Crippen LogP contribution in [-0.4, -0.2) is 116 Å². The maximum atomic E-state index is 14.7. The summed E-state index contributed by atoms with van der Waals surface area (Å²) in [4.78, 5) is 25.0. The van der Waals surface area contributed by atoms with Crippen LogP contribution in [0.25, 0.3) is 0 Å². The molecule has 1 saturated carbocycles. The van der Waals surface area contributed by atoms with E-state index in [0.717, 1.165) is 87.2 Å².